The molecule has 1 rings (SSSR count). The number of aromatic hydroxyl groups is 1. The van der Waals surface area contributed by atoms with Crippen LogP contribution in [0.1, 0.15) is 18.4 Å². The summed E-state index contributed by atoms with van der Waals surface area (Å²) in [6.45, 7) is 2.81. The molecule has 0 aromatic heterocycles. The van der Waals surface area contributed by atoms with Gasteiger partial charge in [-0.15, -0.1) is 0 Å². The first-order valence-electron chi connectivity index (χ1n) is 4.02. The van der Waals surface area contributed by atoms with Crippen LogP contribution in [0.2, 0.25) is 0 Å². The van der Waals surface area contributed by atoms with Crippen molar-refractivity contribution in [2.45, 2.75) is 12.8 Å². The molecule has 0 bridgehead atoms. The molecular weight excluding hydrogens is 152 g/mol. The van der Waals surface area contributed by atoms with E-state index in [-0.39, 0.29) is 0 Å². The van der Waals surface area contributed by atoms with E-state index < -0.39 is 0 Å². The molecule has 0 saturated heterocycles. The summed E-state index contributed by atoms with van der Waals surface area (Å²) in [5.41, 5.74) is 1.19. The van der Waals surface area contributed by atoms with Crippen LogP contribution in [0.4, 0.5) is 0 Å². The largest absolute Gasteiger partial charge is 0.508 e. The van der Waals surface area contributed by atoms with Gasteiger partial charge in [-0.05, 0) is 17.7 Å². The van der Waals surface area contributed by atoms with E-state index in [0.29, 0.717) is 18.3 Å². The van der Waals surface area contributed by atoms with Gasteiger partial charge in [0.15, 0.2) is 0 Å². The Hall–Kier alpha value is -1.02. The molecule has 12 heavy (non-hydrogen) atoms. The number of hydrogen-bond acceptors (Lipinski definition) is 2. The number of rotatable bonds is 3. The fraction of sp³-hybridized carbons (Fsp3) is 0.400. The molecule has 2 nitrogen and oxygen atoms in total. The topological polar surface area (TPSA) is 29.5 Å². The maximum atomic E-state index is 9.04. The third-order valence-electron chi connectivity index (χ3n) is 1.88. The number of hydrogen-bond donors (Lipinski definition) is 1. The minimum absolute atomic E-state index is 0.309. The first-order valence-corrected chi connectivity index (χ1v) is 4.02. The minimum Gasteiger partial charge on any atom is -0.508 e. The summed E-state index contributed by atoms with van der Waals surface area (Å²) in [4.78, 5) is 0. The second-order valence-corrected chi connectivity index (χ2v) is 2.95. The summed E-state index contributed by atoms with van der Waals surface area (Å²) in [5, 5.41) is 9.04. The molecule has 0 saturated carbocycles. The predicted molar refractivity (Wildman–Crippen MR) is 48.4 cm³/mol. The van der Waals surface area contributed by atoms with Crippen molar-refractivity contribution in [2.24, 2.45) is 0 Å². The van der Waals surface area contributed by atoms with Gasteiger partial charge in [0.25, 0.3) is 0 Å². The lowest BCUT2D eigenvalue weighted by Gasteiger charge is -2.09. The van der Waals surface area contributed by atoms with E-state index in [2.05, 4.69) is 6.92 Å². The van der Waals surface area contributed by atoms with E-state index in [4.69, 9.17) is 9.84 Å². The Morgan fingerprint density at radius 3 is 2.42 bits per heavy atom. The van der Waals surface area contributed by atoms with Crippen LogP contribution in [0.3, 0.4) is 0 Å². The van der Waals surface area contributed by atoms with Gasteiger partial charge < -0.3 is 9.84 Å². The van der Waals surface area contributed by atoms with E-state index in [0.717, 1.165) is 0 Å². The summed E-state index contributed by atoms with van der Waals surface area (Å²) in [6.07, 6.45) is 0. The summed E-state index contributed by atoms with van der Waals surface area (Å²) in [5.74, 6) is 0.693. The van der Waals surface area contributed by atoms with Crippen molar-refractivity contribution in [1.29, 1.82) is 0 Å². The average molecular weight is 166 g/mol. The first-order chi connectivity index (χ1) is 5.74. The molecule has 0 spiro atoms. The van der Waals surface area contributed by atoms with Gasteiger partial charge in [-0.2, -0.15) is 0 Å². The first kappa shape index (κ1) is 9.07. The van der Waals surface area contributed by atoms with Gasteiger partial charge in [0.05, 0.1) is 6.61 Å². The van der Waals surface area contributed by atoms with E-state index in [1.54, 1.807) is 19.2 Å². The minimum atomic E-state index is 0.309. The zero-order chi connectivity index (χ0) is 8.97. The van der Waals surface area contributed by atoms with Crippen LogP contribution in [-0.4, -0.2) is 18.8 Å². The Bertz CT molecular complexity index is 228. The molecule has 0 heterocycles. The predicted octanol–water partition coefficient (Wildman–Crippen LogP) is 2.14. The Balaban J connectivity index is 2.68. The van der Waals surface area contributed by atoms with Crippen LogP contribution < -0.4 is 0 Å². The standard InChI is InChI=1S/C10H14O2/c1-8(7-12-2)9-3-5-10(11)6-4-9/h3-6,8,11H,7H2,1-2H3. The van der Waals surface area contributed by atoms with Crippen molar-refractivity contribution in [3.8, 4) is 5.75 Å². The summed E-state index contributed by atoms with van der Waals surface area (Å²) >= 11 is 0. The lowest BCUT2D eigenvalue weighted by Crippen LogP contribution is -2.00. The summed E-state index contributed by atoms with van der Waals surface area (Å²) in [6, 6.07) is 7.22. The zero-order valence-corrected chi connectivity index (χ0v) is 7.45. The number of phenolic OH excluding ortho intramolecular Hbond substituents is 1. The maximum absolute atomic E-state index is 9.04. The van der Waals surface area contributed by atoms with E-state index in [9.17, 15) is 0 Å². The van der Waals surface area contributed by atoms with Crippen LogP contribution in [0.25, 0.3) is 0 Å². The average Bonchev–Trinajstić information content (AvgIpc) is 2.06. The molecule has 0 aliphatic heterocycles. The highest BCUT2D eigenvalue weighted by Crippen LogP contribution is 2.18. The Labute approximate surface area is 72.8 Å². The monoisotopic (exact) mass is 166 g/mol. The molecular formula is C10H14O2. The summed E-state index contributed by atoms with van der Waals surface area (Å²) < 4.78 is 5.03. The molecule has 1 N–H and O–H groups in total. The van der Waals surface area contributed by atoms with Crippen LogP contribution in [0.5, 0.6) is 5.75 Å². The van der Waals surface area contributed by atoms with Gasteiger partial charge in [-0.3, -0.25) is 0 Å². The van der Waals surface area contributed by atoms with E-state index >= 15 is 0 Å². The second-order valence-electron chi connectivity index (χ2n) is 2.95. The van der Waals surface area contributed by atoms with E-state index in [1.165, 1.54) is 5.56 Å². The third-order valence-corrected chi connectivity index (χ3v) is 1.88. The SMILES string of the molecule is COCC(C)c1ccc(O)cc1. The molecule has 0 fully saturated rings. The fourth-order valence-corrected chi connectivity index (χ4v) is 1.15. The molecule has 0 aliphatic rings. The van der Waals surface area contributed by atoms with Crippen molar-refractivity contribution in [1.82, 2.24) is 0 Å². The van der Waals surface area contributed by atoms with Crippen molar-refractivity contribution in [3.05, 3.63) is 29.8 Å². The highest BCUT2D eigenvalue weighted by molar-refractivity contribution is 5.27. The number of methoxy groups -OCH3 is 1. The van der Waals surface area contributed by atoms with Crippen molar-refractivity contribution >= 4 is 0 Å². The normalized spacial score (nSPS) is 12.8. The van der Waals surface area contributed by atoms with Gasteiger partial charge in [0.1, 0.15) is 5.75 Å². The van der Waals surface area contributed by atoms with Crippen molar-refractivity contribution < 1.29 is 9.84 Å². The van der Waals surface area contributed by atoms with Gasteiger partial charge in [-0.1, -0.05) is 19.1 Å². The highest BCUT2D eigenvalue weighted by atomic mass is 16.5. The van der Waals surface area contributed by atoms with Crippen LogP contribution in [0.15, 0.2) is 24.3 Å². The Morgan fingerprint density at radius 2 is 1.92 bits per heavy atom. The van der Waals surface area contributed by atoms with Crippen LogP contribution in [-0.2, 0) is 4.74 Å². The smallest absolute Gasteiger partial charge is 0.115 e. The van der Waals surface area contributed by atoms with E-state index in [1.807, 2.05) is 12.1 Å². The van der Waals surface area contributed by atoms with Crippen molar-refractivity contribution in [2.75, 3.05) is 13.7 Å². The highest BCUT2D eigenvalue weighted by Gasteiger charge is 2.03. The number of benzene rings is 1. The molecule has 1 aromatic carbocycles. The van der Waals surface area contributed by atoms with Crippen molar-refractivity contribution in [3.63, 3.8) is 0 Å². The lowest BCUT2D eigenvalue weighted by atomic mass is 10.0. The summed E-state index contributed by atoms with van der Waals surface area (Å²) in [7, 11) is 1.69. The number of ether oxygens (including phenoxy) is 1. The molecule has 1 atom stereocenters. The molecule has 0 amide bonds. The third kappa shape index (κ3) is 2.24. The molecule has 2 heteroatoms. The number of phenols is 1. The van der Waals surface area contributed by atoms with Crippen LogP contribution >= 0.6 is 0 Å². The lowest BCUT2D eigenvalue weighted by molar-refractivity contribution is 0.184. The molecule has 0 radical (unpaired) electrons. The molecule has 1 aromatic rings. The van der Waals surface area contributed by atoms with Gasteiger partial charge >= 0.3 is 0 Å². The Morgan fingerprint density at radius 1 is 1.33 bits per heavy atom. The molecule has 66 valence electrons. The van der Waals surface area contributed by atoms with Gasteiger partial charge in [-0.25, -0.2) is 0 Å². The fourth-order valence-electron chi connectivity index (χ4n) is 1.15. The molecule has 0 aliphatic carbocycles. The molecule has 1 unspecified atom stereocenters. The Kier molecular flexibility index (Phi) is 3.11. The van der Waals surface area contributed by atoms with Gasteiger partial charge in [0.2, 0.25) is 0 Å². The quantitative estimate of drug-likeness (QED) is 0.745. The zero-order valence-electron chi connectivity index (χ0n) is 7.45. The van der Waals surface area contributed by atoms with Crippen LogP contribution in [0, 0.1) is 0 Å². The van der Waals surface area contributed by atoms with Gasteiger partial charge in [0, 0.05) is 13.0 Å². The maximum Gasteiger partial charge on any atom is 0.115 e. The second kappa shape index (κ2) is 4.12.